The standard InChI is InChI=1S/C50H44N2/c1-37-10-27-46(28-11-37)51(47-29-12-38(2)13-30-47)48-32-23-43(24-33-48)21-19-41-15-17-42(18-16-41)20-22-44-25-34-49(35-26-44)52(45-8-6-5-7-9-45)50-31-14-39(3)40(4)36-50/h5-36H,1-4H3/b21-19+,22-20+. The Labute approximate surface area is 309 Å². The molecule has 0 unspecified atom stereocenters. The highest BCUT2D eigenvalue weighted by molar-refractivity contribution is 5.80. The van der Waals surface area contributed by atoms with Gasteiger partial charge in [-0.15, -0.1) is 0 Å². The van der Waals surface area contributed by atoms with Crippen molar-refractivity contribution < 1.29 is 0 Å². The Morgan fingerprint density at radius 3 is 0.981 bits per heavy atom. The molecule has 2 heteroatoms. The third-order valence-corrected chi connectivity index (χ3v) is 9.52. The fourth-order valence-electron chi connectivity index (χ4n) is 6.30. The van der Waals surface area contributed by atoms with Crippen LogP contribution in [0.5, 0.6) is 0 Å². The van der Waals surface area contributed by atoms with Crippen LogP contribution in [-0.4, -0.2) is 0 Å². The molecule has 0 aliphatic rings. The third kappa shape index (κ3) is 8.15. The molecule has 0 aromatic heterocycles. The number of hydrogen-bond donors (Lipinski definition) is 0. The number of nitrogens with zero attached hydrogens (tertiary/aromatic N) is 2. The SMILES string of the molecule is Cc1ccc(N(c2ccc(C)cc2)c2ccc(/C=C/c3ccc(/C=C/c4ccc(N(c5ccccc5)c5ccc(C)c(C)c5)cc4)cc3)cc2)cc1. The Morgan fingerprint density at radius 2 is 0.596 bits per heavy atom. The fraction of sp³-hybridized carbons (Fsp3) is 0.0800. The zero-order chi connectivity index (χ0) is 35.9. The Bertz CT molecular complexity index is 2230. The Hall–Kier alpha value is -6.38. The number of para-hydroxylation sites is 1. The van der Waals surface area contributed by atoms with Crippen LogP contribution in [0.4, 0.5) is 34.1 Å². The lowest BCUT2D eigenvalue weighted by Crippen LogP contribution is -2.10. The summed E-state index contributed by atoms with van der Waals surface area (Å²) in [5.41, 5.74) is 16.6. The monoisotopic (exact) mass is 672 g/mol. The van der Waals surface area contributed by atoms with Crippen LogP contribution in [0.3, 0.4) is 0 Å². The highest BCUT2D eigenvalue weighted by Crippen LogP contribution is 2.36. The van der Waals surface area contributed by atoms with Gasteiger partial charge in [0, 0.05) is 34.1 Å². The number of hydrogen-bond acceptors (Lipinski definition) is 2. The van der Waals surface area contributed by atoms with Crippen LogP contribution in [0.15, 0.2) is 170 Å². The van der Waals surface area contributed by atoms with Crippen molar-refractivity contribution in [1.82, 2.24) is 0 Å². The van der Waals surface area contributed by atoms with Crippen molar-refractivity contribution in [2.45, 2.75) is 27.7 Å². The van der Waals surface area contributed by atoms with Crippen LogP contribution in [0, 0.1) is 27.7 Å². The molecule has 0 N–H and O–H groups in total. The molecule has 0 amide bonds. The van der Waals surface area contributed by atoms with E-state index in [9.17, 15) is 0 Å². The number of rotatable bonds is 10. The van der Waals surface area contributed by atoms with Crippen molar-refractivity contribution in [3.63, 3.8) is 0 Å². The Kier molecular flexibility index (Phi) is 10.3. The summed E-state index contributed by atoms with van der Waals surface area (Å²) < 4.78 is 0. The maximum Gasteiger partial charge on any atom is 0.0464 e. The zero-order valence-electron chi connectivity index (χ0n) is 30.4. The Morgan fingerprint density at radius 1 is 0.288 bits per heavy atom. The van der Waals surface area contributed by atoms with Crippen molar-refractivity contribution in [2.24, 2.45) is 0 Å². The topological polar surface area (TPSA) is 6.48 Å². The Balaban J connectivity index is 1.02. The summed E-state index contributed by atoms with van der Waals surface area (Å²) in [6.45, 7) is 8.58. The van der Waals surface area contributed by atoms with E-state index in [1.165, 1.54) is 33.4 Å². The van der Waals surface area contributed by atoms with Crippen molar-refractivity contribution in [1.29, 1.82) is 0 Å². The minimum Gasteiger partial charge on any atom is -0.311 e. The second-order valence-electron chi connectivity index (χ2n) is 13.5. The molecule has 0 spiro atoms. The van der Waals surface area contributed by atoms with Crippen LogP contribution < -0.4 is 9.80 Å². The maximum absolute atomic E-state index is 2.31. The van der Waals surface area contributed by atoms with Crippen molar-refractivity contribution in [2.75, 3.05) is 9.80 Å². The lowest BCUT2D eigenvalue weighted by molar-refractivity contribution is 1.25. The highest BCUT2D eigenvalue weighted by Gasteiger charge is 2.14. The van der Waals surface area contributed by atoms with Gasteiger partial charge in [-0.05, 0) is 134 Å². The predicted octanol–water partition coefficient (Wildman–Crippen LogP) is 14.2. The molecule has 0 saturated carbocycles. The van der Waals surface area contributed by atoms with Gasteiger partial charge in [-0.3, -0.25) is 0 Å². The van der Waals surface area contributed by atoms with Gasteiger partial charge in [0.15, 0.2) is 0 Å². The predicted molar refractivity (Wildman–Crippen MR) is 225 cm³/mol. The molecular weight excluding hydrogens is 629 g/mol. The molecule has 0 heterocycles. The average molecular weight is 673 g/mol. The lowest BCUT2D eigenvalue weighted by Gasteiger charge is -2.26. The molecule has 52 heavy (non-hydrogen) atoms. The third-order valence-electron chi connectivity index (χ3n) is 9.52. The lowest BCUT2D eigenvalue weighted by atomic mass is 10.1. The summed E-state index contributed by atoms with van der Waals surface area (Å²) in [5.74, 6) is 0. The van der Waals surface area contributed by atoms with Gasteiger partial charge in [-0.2, -0.15) is 0 Å². The molecule has 0 bridgehead atoms. The first-order valence-corrected chi connectivity index (χ1v) is 17.9. The molecule has 254 valence electrons. The van der Waals surface area contributed by atoms with E-state index in [4.69, 9.17) is 0 Å². The van der Waals surface area contributed by atoms with E-state index >= 15 is 0 Å². The molecule has 2 nitrogen and oxygen atoms in total. The summed E-state index contributed by atoms with van der Waals surface area (Å²) in [6.07, 6.45) is 8.70. The van der Waals surface area contributed by atoms with Crippen LogP contribution >= 0.6 is 0 Å². The summed E-state index contributed by atoms with van der Waals surface area (Å²) in [7, 11) is 0. The van der Waals surface area contributed by atoms with Gasteiger partial charge in [0.2, 0.25) is 0 Å². The van der Waals surface area contributed by atoms with E-state index in [0.29, 0.717) is 0 Å². The molecule has 7 aromatic carbocycles. The zero-order valence-corrected chi connectivity index (χ0v) is 30.4. The van der Waals surface area contributed by atoms with Crippen LogP contribution in [-0.2, 0) is 0 Å². The van der Waals surface area contributed by atoms with Gasteiger partial charge in [0.25, 0.3) is 0 Å². The molecule has 0 fully saturated rings. The van der Waals surface area contributed by atoms with E-state index in [-0.39, 0.29) is 0 Å². The van der Waals surface area contributed by atoms with Gasteiger partial charge in [-0.1, -0.05) is 132 Å². The van der Waals surface area contributed by atoms with Crippen LogP contribution in [0.2, 0.25) is 0 Å². The first-order valence-electron chi connectivity index (χ1n) is 17.9. The minimum absolute atomic E-state index is 1.13. The van der Waals surface area contributed by atoms with Crippen LogP contribution in [0.1, 0.15) is 44.5 Å². The molecule has 0 atom stereocenters. The van der Waals surface area contributed by atoms with E-state index in [1.54, 1.807) is 0 Å². The molecule has 0 aliphatic carbocycles. The quantitative estimate of drug-likeness (QED) is 0.133. The average Bonchev–Trinajstić information content (AvgIpc) is 3.18. The second-order valence-corrected chi connectivity index (χ2v) is 13.5. The van der Waals surface area contributed by atoms with E-state index in [2.05, 4.69) is 232 Å². The summed E-state index contributed by atoms with van der Waals surface area (Å²) in [5, 5.41) is 0. The summed E-state index contributed by atoms with van der Waals surface area (Å²) in [6, 6.07) is 60.8. The number of benzene rings is 7. The van der Waals surface area contributed by atoms with E-state index in [0.717, 1.165) is 45.3 Å². The fourth-order valence-corrected chi connectivity index (χ4v) is 6.30. The molecular formula is C50H44N2. The number of aryl methyl sites for hydroxylation is 4. The first kappa shape index (κ1) is 34.1. The van der Waals surface area contributed by atoms with Crippen LogP contribution in [0.25, 0.3) is 24.3 Å². The molecule has 0 aliphatic heterocycles. The van der Waals surface area contributed by atoms with Gasteiger partial charge in [-0.25, -0.2) is 0 Å². The van der Waals surface area contributed by atoms with Crippen molar-refractivity contribution >= 4 is 58.4 Å². The normalized spacial score (nSPS) is 11.3. The summed E-state index contributed by atoms with van der Waals surface area (Å²) in [4.78, 5) is 4.62. The molecule has 7 rings (SSSR count). The van der Waals surface area contributed by atoms with Crippen molar-refractivity contribution in [3.8, 4) is 0 Å². The maximum atomic E-state index is 2.31. The highest BCUT2D eigenvalue weighted by atomic mass is 15.1. The smallest absolute Gasteiger partial charge is 0.0464 e. The first-order chi connectivity index (χ1) is 25.4. The minimum atomic E-state index is 1.13. The van der Waals surface area contributed by atoms with Gasteiger partial charge >= 0.3 is 0 Å². The number of anilines is 6. The van der Waals surface area contributed by atoms with Gasteiger partial charge < -0.3 is 9.80 Å². The largest absolute Gasteiger partial charge is 0.311 e. The van der Waals surface area contributed by atoms with Crippen molar-refractivity contribution in [3.05, 3.63) is 214 Å². The van der Waals surface area contributed by atoms with E-state index in [1.807, 2.05) is 0 Å². The molecule has 0 saturated heterocycles. The van der Waals surface area contributed by atoms with E-state index < -0.39 is 0 Å². The summed E-state index contributed by atoms with van der Waals surface area (Å²) >= 11 is 0. The van der Waals surface area contributed by atoms with Gasteiger partial charge in [0.05, 0.1) is 0 Å². The van der Waals surface area contributed by atoms with Gasteiger partial charge in [0.1, 0.15) is 0 Å². The molecule has 7 aromatic rings. The second kappa shape index (κ2) is 15.7. The molecule has 0 radical (unpaired) electrons.